The summed E-state index contributed by atoms with van der Waals surface area (Å²) in [7, 11) is 0. The van der Waals surface area contributed by atoms with E-state index < -0.39 is 24.0 Å². The maximum Gasteiger partial charge on any atom is 0.328 e. The van der Waals surface area contributed by atoms with Gasteiger partial charge in [-0.1, -0.05) is 12.1 Å². The molecular weight excluding hydrogens is 382 g/mol. The van der Waals surface area contributed by atoms with Crippen LogP contribution in [0.1, 0.15) is 41.3 Å². The second-order valence-corrected chi connectivity index (χ2v) is 7.09. The van der Waals surface area contributed by atoms with Crippen molar-refractivity contribution in [2.75, 3.05) is 18.6 Å². The molecule has 2 atom stereocenters. The largest absolute Gasteiger partial charge is 0.508 e. The summed E-state index contributed by atoms with van der Waals surface area (Å²) in [5.74, 6) is 0.0920. The number of carbonyl (C=O) groups is 2. The number of esters is 1. The quantitative estimate of drug-likeness (QED) is 0.511. The molecule has 28 heavy (non-hydrogen) atoms. The number of benzene rings is 1. The van der Waals surface area contributed by atoms with Crippen LogP contribution in [0.5, 0.6) is 5.75 Å². The van der Waals surface area contributed by atoms with E-state index >= 15 is 0 Å². The Morgan fingerprint density at radius 3 is 2.71 bits per heavy atom. The molecule has 1 aromatic carbocycles. The van der Waals surface area contributed by atoms with Crippen LogP contribution >= 0.6 is 11.8 Å². The summed E-state index contributed by atoms with van der Waals surface area (Å²) in [6, 6.07) is 5.35. The average molecular weight is 407 g/mol. The number of hydrogen-bond acceptors (Lipinski definition) is 8. The SMILES string of the molecule is CCOC(=O)C(CCSC)NC(=O)c1coc(C(N)Cc2ccc(O)cc2)n1. The highest BCUT2D eigenvalue weighted by Gasteiger charge is 2.24. The molecule has 0 radical (unpaired) electrons. The number of aromatic hydroxyl groups is 1. The molecule has 0 saturated carbocycles. The lowest BCUT2D eigenvalue weighted by molar-refractivity contribution is -0.145. The normalized spacial score (nSPS) is 13.0. The third-order valence-corrected chi connectivity index (χ3v) is 4.59. The van der Waals surface area contributed by atoms with Crippen LogP contribution < -0.4 is 11.1 Å². The van der Waals surface area contributed by atoms with E-state index in [-0.39, 0.29) is 23.9 Å². The van der Waals surface area contributed by atoms with Gasteiger partial charge in [0.1, 0.15) is 18.1 Å². The average Bonchev–Trinajstić information content (AvgIpc) is 3.17. The lowest BCUT2D eigenvalue weighted by Gasteiger charge is -2.16. The second kappa shape index (κ2) is 10.7. The van der Waals surface area contributed by atoms with Gasteiger partial charge in [0.25, 0.3) is 5.91 Å². The van der Waals surface area contributed by atoms with Crippen LogP contribution in [0.15, 0.2) is 34.9 Å². The van der Waals surface area contributed by atoms with E-state index in [2.05, 4.69) is 10.3 Å². The number of phenolic OH excluding ortho intramolecular Hbond substituents is 1. The number of nitrogens with zero attached hydrogens (tertiary/aromatic N) is 1. The highest BCUT2D eigenvalue weighted by molar-refractivity contribution is 7.98. The van der Waals surface area contributed by atoms with Crippen molar-refractivity contribution in [3.05, 3.63) is 47.7 Å². The summed E-state index contributed by atoms with van der Waals surface area (Å²) < 4.78 is 10.4. The Labute approximate surface area is 167 Å². The van der Waals surface area contributed by atoms with Crippen LogP contribution in [0, 0.1) is 0 Å². The van der Waals surface area contributed by atoms with Gasteiger partial charge in [0.15, 0.2) is 5.69 Å². The van der Waals surface area contributed by atoms with E-state index in [1.54, 1.807) is 43.0 Å². The standard InChI is InChI=1S/C19H25N3O5S/c1-3-26-19(25)15(8-9-28-2)21-17(24)16-11-27-18(22-16)14(20)10-12-4-6-13(23)7-5-12/h4-7,11,14-15,23H,3,8-10,20H2,1-2H3,(H,21,24). The molecule has 2 rings (SSSR count). The van der Waals surface area contributed by atoms with Crippen LogP contribution in [-0.4, -0.2) is 46.6 Å². The van der Waals surface area contributed by atoms with E-state index in [0.29, 0.717) is 18.6 Å². The molecule has 2 aromatic rings. The molecule has 0 aliphatic heterocycles. The molecule has 0 aliphatic carbocycles. The molecule has 0 saturated heterocycles. The summed E-state index contributed by atoms with van der Waals surface area (Å²) >= 11 is 1.57. The Hall–Kier alpha value is -2.52. The summed E-state index contributed by atoms with van der Waals surface area (Å²) in [5.41, 5.74) is 7.05. The first-order valence-corrected chi connectivity index (χ1v) is 10.3. The van der Waals surface area contributed by atoms with Gasteiger partial charge in [-0.2, -0.15) is 11.8 Å². The Bertz CT molecular complexity index is 778. The van der Waals surface area contributed by atoms with Gasteiger partial charge in [-0.05, 0) is 49.5 Å². The van der Waals surface area contributed by atoms with Gasteiger partial charge in [0, 0.05) is 0 Å². The number of aromatic nitrogens is 1. The first kappa shape index (κ1) is 21.8. The number of phenols is 1. The smallest absolute Gasteiger partial charge is 0.328 e. The number of amides is 1. The van der Waals surface area contributed by atoms with Crippen molar-refractivity contribution in [2.24, 2.45) is 5.73 Å². The number of nitrogens with one attached hydrogen (secondary N) is 1. The van der Waals surface area contributed by atoms with Gasteiger partial charge in [-0.3, -0.25) is 4.79 Å². The van der Waals surface area contributed by atoms with Crippen molar-refractivity contribution in [2.45, 2.75) is 31.8 Å². The molecule has 0 fully saturated rings. The van der Waals surface area contributed by atoms with Crippen molar-refractivity contribution >= 4 is 23.6 Å². The Balaban J connectivity index is 2.01. The zero-order valence-corrected chi connectivity index (χ0v) is 16.7. The number of nitrogens with two attached hydrogens (primary N) is 1. The van der Waals surface area contributed by atoms with Gasteiger partial charge in [-0.15, -0.1) is 0 Å². The molecule has 2 unspecified atom stereocenters. The van der Waals surface area contributed by atoms with Crippen LogP contribution in [-0.2, 0) is 16.0 Å². The lowest BCUT2D eigenvalue weighted by Crippen LogP contribution is -2.42. The van der Waals surface area contributed by atoms with E-state index in [1.165, 1.54) is 6.26 Å². The molecule has 152 valence electrons. The maximum atomic E-state index is 12.4. The maximum absolute atomic E-state index is 12.4. The minimum Gasteiger partial charge on any atom is -0.508 e. The summed E-state index contributed by atoms with van der Waals surface area (Å²) in [6.07, 6.45) is 4.03. The number of hydrogen-bond donors (Lipinski definition) is 3. The summed E-state index contributed by atoms with van der Waals surface area (Å²) in [4.78, 5) is 28.6. The topological polar surface area (TPSA) is 128 Å². The first-order valence-electron chi connectivity index (χ1n) is 8.90. The zero-order valence-electron chi connectivity index (χ0n) is 15.9. The van der Waals surface area contributed by atoms with Gasteiger partial charge in [-0.25, -0.2) is 9.78 Å². The molecule has 0 spiro atoms. The van der Waals surface area contributed by atoms with Crippen LogP contribution in [0.3, 0.4) is 0 Å². The molecule has 4 N–H and O–H groups in total. The van der Waals surface area contributed by atoms with Crippen LogP contribution in [0.25, 0.3) is 0 Å². The van der Waals surface area contributed by atoms with E-state index in [9.17, 15) is 14.7 Å². The Morgan fingerprint density at radius 1 is 1.36 bits per heavy atom. The van der Waals surface area contributed by atoms with Crippen LogP contribution in [0.2, 0.25) is 0 Å². The Kier molecular flexibility index (Phi) is 8.34. The van der Waals surface area contributed by atoms with Crippen molar-refractivity contribution in [3.63, 3.8) is 0 Å². The fraction of sp³-hybridized carbons (Fsp3) is 0.421. The number of ether oxygens (including phenoxy) is 1. The van der Waals surface area contributed by atoms with Gasteiger partial charge in [0.05, 0.1) is 12.6 Å². The van der Waals surface area contributed by atoms with E-state index in [4.69, 9.17) is 14.9 Å². The highest BCUT2D eigenvalue weighted by atomic mass is 32.2. The third-order valence-electron chi connectivity index (χ3n) is 3.95. The van der Waals surface area contributed by atoms with E-state index in [1.807, 2.05) is 6.26 Å². The van der Waals surface area contributed by atoms with Gasteiger partial charge in [0.2, 0.25) is 5.89 Å². The van der Waals surface area contributed by atoms with Crippen molar-refractivity contribution < 1.29 is 23.8 Å². The molecule has 1 aromatic heterocycles. The molecule has 1 heterocycles. The fourth-order valence-electron chi connectivity index (χ4n) is 2.50. The number of carbonyl (C=O) groups excluding carboxylic acids is 2. The van der Waals surface area contributed by atoms with Gasteiger partial charge < -0.3 is 25.3 Å². The van der Waals surface area contributed by atoms with Crippen LogP contribution in [0.4, 0.5) is 0 Å². The molecule has 1 amide bonds. The lowest BCUT2D eigenvalue weighted by atomic mass is 10.1. The van der Waals surface area contributed by atoms with Crippen molar-refractivity contribution in [1.82, 2.24) is 10.3 Å². The summed E-state index contributed by atoms with van der Waals surface area (Å²) in [6.45, 7) is 1.95. The zero-order chi connectivity index (χ0) is 20.5. The second-order valence-electron chi connectivity index (χ2n) is 6.11. The minimum absolute atomic E-state index is 0.0506. The monoisotopic (exact) mass is 407 g/mol. The fourth-order valence-corrected chi connectivity index (χ4v) is 2.97. The molecule has 9 heteroatoms. The molecule has 0 aliphatic rings. The van der Waals surface area contributed by atoms with E-state index in [0.717, 1.165) is 5.56 Å². The molecular formula is C19H25N3O5S. The van der Waals surface area contributed by atoms with Gasteiger partial charge >= 0.3 is 5.97 Å². The predicted molar refractivity (Wildman–Crippen MR) is 106 cm³/mol. The Morgan fingerprint density at radius 2 is 2.07 bits per heavy atom. The number of rotatable bonds is 10. The number of oxazole rings is 1. The predicted octanol–water partition coefficient (Wildman–Crippen LogP) is 2.04. The number of thioether (sulfide) groups is 1. The van der Waals surface area contributed by atoms with Crippen molar-refractivity contribution in [3.8, 4) is 5.75 Å². The third kappa shape index (κ3) is 6.28. The minimum atomic E-state index is -0.745. The molecule has 0 bridgehead atoms. The first-order chi connectivity index (χ1) is 13.4. The highest BCUT2D eigenvalue weighted by Crippen LogP contribution is 2.18. The van der Waals surface area contributed by atoms with Crippen molar-refractivity contribution in [1.29, 1.82) is 0 Å². The molecule has 8 nitrogen and oxygen atoms in total. The summed E-state index contributed by atoms with van der Waals surface area (Å²) in [5, 5.41) is 12.0.